The number of amides is 1. The fourth-order valence-corrected chi connectivity index (χ4v) is 4.82. The summed E-state index contributed by atoms with van der Waals surface area (Å²) in [6.45, 7) is 5.79. The summed E-state index contributed by atoms with van der Waals surface area (Å²) in [6.07, 6.45) is 1.43. The van der Waals surface area contributed by atoms with Crippen LogP contribution in [0, 0.1) is 6.92 Å². The first-order chi connectivity index (χ1) is 12.2. The van der Waals surface area contributed by atoms with Crippen molar-refractivity contribution in [2.45, 2.75) is 32.7 Å². The Balaban J connectivity index is 2.09. The van der Waals surface area contributed by atoms with Crippen LogP contribution >= 0.6 is 0 Å². The highest BCUT2D eigenvalue weighted by Crippen LogP contribution is 2.20. The molecule has 0 saturated carbocycles. The number of nitrogens with one attached hydrogen (secondary N) is 1. The van der Waals surface area contributed by atoms with Crippen LogP contribution in [-0.2, 0) is 9.84 Å². The molecule has 0 bridgehead atoms. The number of rotatable bonds is 8. The SMILES string of the molecule is CCN(C(=O)c1cc(C)nc(NCCCN(C)C)n1)C1CCS(=O)(=O)C1. The van der Waals surface area contributed by atoms with Crippen LogP contribution in [0.2, 0.25) is 0 Å². The molecule has 1 aromatic rings. The van der Waals surface area contributed by atoms with Gasteiger partial charge >= 0.3 is 0 Å². The number of anilines is 1. The van der Waals surface area contributed by atoms with Gasteiger partial charge in [-0.15, -0.1) is 0 Å². The van der Waals surface area contributed by atoms with E-state index >= 15 is 0 Å². The van der Waals surface area contributed by atoms with Gasteiger partial charge in [0.05, 0.1) is 11.5 Å². The zero-order chi connectivity index (χ0) is 19.3. The molecule has 1 aromatic heterocycles. The summed E-state index contributed by atoms with van der Waals surface area (Å²) >= 11 is 0. The number of carbonyl (C=O) groups is 1. The summed E-state index contributed by atoms with van der Waals surface area (Å²) in [6, 6.07) is 1.38. The van der Waals surface area contributed by atoms with Crippen LogP contribution in [0.3, 0.4) is 0 Å². The number of sulfone groups is 1. The van der Waals surface area contributed by atoms with Crippen LogP contribution in [-0.4, -0.2) is 85.4 Å². The Kier molecular flexibility index (Phi) is 6.94. The van der Waals surface area contributed by atoms with E-state index in [9.17, 15) is 13.2 Å². The van der Waals surface area contributed by atoms with Gasteiger partial charge in [-0.05, 0) is 53.4 Å². The minimum absolute atomic E-state index is 0.0340. The van der Waals surface area contributed by atoms with E-state index in [1.54, 1.807) is 11.0 Å². The molecule has 0 aromatic carbocycles. The van der Waals surface area contributed by atoms with Gasteiger partial charge in [0.2, 0.25) is 5.95 Å². The number of aromatic nitrogens is 2. The van der Waals surface area contributed by atoms with Gasteiger partial charge in [0.25, 0.3) is 5.91 Å². The third kappa shape index (κ3) is 5.63. The lowest BCUT2D eigenvalue weighted by molar-refractivity contribution is 0.0702. The van der Waals surface area contributed by atoms with E-state index in [-0.39, 0.29) is 23.5 Å². The van der Waals surface area contributed by atoms with Gasteiger partial charge in [-0.1, -0.05) is 0 Å². The first kappa shape index (κ1) is 20.6. The van der Waals surface area contributed by atoms with Gasteiger partial charge in [-0.25, -0.2) is 18.4 Å². The number of hydrogen-bond acceptors (Lipinski definition) is 7. The van der Waals surface area contributed by atoms with Crippen LogP contribution in [0.25, 0.3) is 0 Å². The molecule has 26 heavy (non-hydrogen) atoms. The fourth-order valence-electron chi connectivity index (χ4n) is 3.09. The quantitative estimate of drug-likeness (QED) is 0.663. The molecule has 9 heteroatoms. The molecule has 1 atom stereocenters. The van der Waals surface area contributed by atoms with E-state index in [1.807, 2.05) is 27.9 Å². The molecule has 1 aliphatic rings. The third-order valence-electron chi connectivity index (χ3n) is 4.39. The standard InChI is InChI=1S/C17H29N5O3S/c1-5-22(14-7-10-26(24,25)12-14)16(23)15-11-13(2)19-17(20-15)18-8-6-9-21(3)4/h11,14H,5-10,12H2,1-4H3,(H,18,19,20). The second kappa shape index (κ2) is 8.77. The fraction of sp³-hybridized carbons (Fsp3) is 0.706. The van der Waals surface area contributed by atoms with Crippen molar-refractivity contribution in [1.82, 2.24) is 19.8 Å². The van der Waals surface area contributed by atoms with Crippen molar-refractivity contribution in [2.24, 2.45) is 0 Å². The van der Waals surface area contributed by atoms with Crippen molar-refractivity contribution >= 4 is 21.7 Å². The minimum Gasteiger partial charge on any atom is -0.354 e. The molecule has 0 aliphatic carbocycles. The van der Waals surface area contributed by atoms with Crippen molar-refractivity contribution in [3.05, 3.63) is 17.5 Å². The molecule has 0 radical (unpaired) electrons. The van der Waals surface area contributed by atoms with Gasteiger partial charge in [-0.2, -0.15) is 0 Å². The second-order valence-corrected chi connectivity index (χ2v) is 9.18. The molecule has 1 N–H and O–H groups in total. The van der Waals surface area contributed by atoms with Crippen molar-refractivity contribution < 1.29 is 13.2 Å². The van der Waals surface area contributed by atoms with E-state index in [0.717, 1.165) is 13.0 Å². The predicted octanol–water partition coefficient (Wildman–Crippen LogP) is 0.798. The molecule has 0 spiro atoms. The van der Waals surface area contributed by atoms with Crippen molar-refractivity contribution in [3.8, 4) is 0 Å². The average Bonchev–Trinajstić information content (AvgIpc) is 2.91. The Hall–Kier alpha value is -1.74. The lowest BCUT2D eigenvalue weighted by Crippen LogP contribution is -2.41. The summed E-state index contributed by atoms with van der Waals surface area (Å²) in [7, 11) is 0.985. The average molecular weight is 384 g/mol. The molecule has 1 aliphatic heterocycles. The summed E-state index contributed by atoms with van der Waals surface area (Å²) < 4.78 is 23.5. The van der Waals surface area contributed by atoms with Crippen molar-refractivity contribution in [3.63, 3.8) is 0 Å². The van der Waals surface area contributed by atoms with Crippen LogP contribution in [0.4, 0.5) is 5.95 Å². The monoisotopic (exact) mass is 383 g/mol. The molecular weight excluding hydrogens is 354 g/mol. The zero-order valence-electron chi connectivity index (χ0n) is 16.0. The zero-order valence-corrected chi connectivity index (χ0v) is 16.8. The van der Waals surface area contributed by atoms with Gasteiger partial charge in [-0.3, -0.25) is 4.79 Å². The van der Waals surface area contributed by atoms with Crippen molar-refractivity contribution in [2.75, 3.05) is 50.6 Å². The lowest BCUT2D eigenvalue weighted by atomic mass is 10.2. The normalized spacial score (nSPS) is 18.9. The Morgan fingerprint density at radius 1 is 1.35 bits per heavy atom. The number of nitrogens with zero attached hydrogens (tertiary/aromatic N) is 4. The highest BCUT2D eigenvalue weighted by Gasteiger charge is 2.34. The molecule has 1 amide bonds. The first-order valence-electron chi connectivity index (χ1n) is 8.97. The predicted molar refractivity (Wildman–Crippen MR) is 102 cm³/mol. The summed E-state index contributed by atoms with van der Waals surface area (Å²) in [5, 5.41) is 3.16. The highest BCUT2D eigenvalue weighted by molar-refractivity contribution is 7.91. The number of hydrogen-bond donors (Lipinski definition) is 1. The van der Waals surface area contributed by atoms with Crippen molar-refractivity contribution in [1.29, 1.82) is 0 Å². The van der Waals surface area contributed by atoms with Gasteiger partial charge in [0.15, 0.2) is 9.84 Å². The maximum atomic E-state index is 12.9. The van der Waals surface area contributed by atoms with E-state index in [0.29, 0.717) is 36.8 Å². The first-order valence-corrected chi connectivity index (χ1v) is 10.8. The van der Waals surface area contributed by atoms with Crippen LogP contribution in [0.5, 0.6) is 0 Å². The number of aryl methyl sites for hydroxylation is 1. The van der Waals surface area contributed by atoms with Crippen LogP contribution < -0.4 is 5.32 Å². The topological polar surface area (TPSA) is 95.5 Å². The van der Waals surface area contributed by atoms with Gasteiger partial charge < -0.3 is 15.1 Å². The molecule has 146 valence electrons. The molecule has 1 saturated heterocycles. The Morgan fingerprint density at radius 3 is 2.65 bits per heavy atom. The number of carbonyl (C=O) groups excluding carboxylic acids is 1. The molecule has 1 fully saturated rings. The highest BCUT2D eigenvalue weighted by atomic mass is 32.2. The molecule has 2 rings (SSSR count). The summed E-state index contributed by atoms with van der Waals surface area (Å²) in [5.74, 6) is 0.369. The van der Waals surface area contributed by atoms with Crippen LogP contribution in [0.15, 0.2) is 6.07 Å². The van der Waals surface area contributed by atoms with E-state index in [1.165, 1.54) is 0 Å². The Morgan fingerprint density at radius 2 is 2.08 bits per heavy atom. The maximum Gasteiger partial charge on any atom is 0.272 e. The molecule has 8 nitrogen and oxygen atoms in total. The smallest absolute Gasteiger partial charge is 0.272 e. The largest absolute Gasteiger partial charge is 0.354 e. The second-order valence-electron chi connectivity index (χ2n) is 6.95. The van der Waals surface area contributed by atoms with Gasteiger partial charge in [0.1, 0.15) is 5.69 Å². The third-order valence-corrected chi connectivity index (χ3v) is 6.14. The van der Waals surface area contributed by atoms with Gasteiger partial charge in [0, 0.05) is 24.8 Å². The van der Waals surface area contributed by atoms with E-state index in [4.69, 9.17) is 0 Å². The summed E-state index contributed by atoms with van der Waals surface area (Å²) in [4.78, 5) is 25.3. The summed E-state index contributed by atoms with van der Waals surface area (Å²) in [5.41, 5.74) is 1.01. The Labute approximate surface area is 155 Å². The minimum atomic E-state index is -3.05. The maximum absolute atomic E-state index is 12.9. The van der Waals surface area contributed by atoms with E-state index in [2.05, 4.69) is 20.2 Å². The lowest BCUT2D eigenvalue weighted by Gasteiger charge is -2.26. The molecule has 1 unspecified atom stereocenters. The molecule has 2 heterocycles. The van der Waals surface area contributed by atoms with Crippen LogP contribution in [0.1, 0.15) is 35.9 Å². The molecular formula is C17H29N5O3S. The van der Waals surface area contributed by atoms with E-state index < -0.39 is 9.84 Å². The Bertz CT molecular complexity index is 736.